The molecule has 0 saturated heterocycles. The van der Waals surface area contributed by atoms with Crippen LogP contribution in [0.4, 0.5) is 5.82 Å². The summed E-state index contributed by atoms with van der Waals surface area (Å²) in [4.78, 5) is 8.20. The molecule has 0 aliphatic carbocycles. The number of halogens is 1. The van der Waals surface area contributed by atoms with E-state index >= 15 is 0 Å². The third kappa shape index (κ3) is 2.73. The molecule has 0 aliphatic heterocycles. The summed E-state index contributed by atoms with van der Waals surface area (Å²) in [6.45, 7) is 3.80. The predicted octanol–water partition coefficient (Wildman–Crippen LogP) is 3.56. The molecule has 102 valence electrons. The first kappa shape index (κ1) is 14.3. The first-order chi connectivity index (χ1) is 9.56. The van der Waals surface area contributed by atoms with E-state index in [4.69, 9.17) is 10.00 Å². The molecule has 1 aromatic carbocycles. The van der Waals surface area contributed by atoms with Gasteiger partial charge in [0.05, 0.1) is 11.6 Å². The molecule has 0 radical (unpaired) electrons. The van der Waals surface area contributed by atoms with Gasteiger partial charge < -0.3 is 10.1 Å². The van der Waals surface area contributed by atoms with Gasteiger partial charge in [0.1, 0.15) is 22.4 Å². The Morgan fingerprint density at radius 1 is 1.25 bits per heavy atom. The van der Waals surface area contributed by atoms with Crippen LogP contribution in [-0.4, -0.2) is 17.0 Å². The Bertz CT molecular complexity index is 671. The molecular formula is C14H13BrN4O. The first-order valence-electron chi connectivity index (χ1n) is 5.94. The molecule has 1 N–H and O–H groups in total. The Kier molecular flexibility index (Phi) is 4.20. The number of nitriles is 1. The minimum absolute atomic E-state index is 0.431. The number of hydrogen-bond acceptors (Lipinski definition) is 5. The maximum Gasteiger partial charge on any atom is 0.238 e. The van der Waals surface area contributed by atoms with E-state index in [9.17, 15) is 0 Å². The van der Waals surface area contributed by atoms with Gasteiger partial charge in [-0.2, -0.15) is 5.26 Å². The van der Waals surface area contributed by atoms with Crippen molar-refractivity contribution in [1.82, 2.24) is 9.97 Å². The van der Waals surface area contributed by atoms with Crippen LogP contribution in [0, 0.1) is 25.2 Å². The summed E-state index contributed by atoms with van der Waals surface area (Å²) in [7, 11) is 1.77. The number of anilines is 1. The highest BCUT2D eigenvalue weighted by Crippen LogP contribution is 2.34. The third-order valence-electron chi connectivity index (χ3n) is 2.78. The number of rotatable bonds is 3. The molecule has 20 heavy (non-hydrogen) atoms. The van der Waals surface area contributed by atoms with E-state index in [1.165, 1.54) is 6.33 Å². The van der Waals surface area contributed by atoms with Gasteiger partial charge in [0.15, 0.2) is 0 Å². The molecule has 1 aromatic heterocycles. The number of benzene rings is 1. The van der Waals surface area contributed by atoms with Gasteiger partial charge in [0.2, 0.25) is 5.88 Å². The molecule has 0 atom stereocenters. The van der Waals surface area contributed by atoms with E-state index in [1.807, 2.05) is 13.8 Å². The summed E-state index contributed by atoms with van der Waals surface area (Å²) < 4.78 is 6.52. The Morgan fingerprint density at radius 2 is 1.90 bits per heavy atom. The van der Waals surface area contributed by atoms with Crippen LogP contribution in [-0.2, 0) is 0 Å². The molecule has 0 saturated carbocycles. The van der Waals surface area contributed by atoms with Gasteiger partial charge in [-0.25, -0.2) is 9.97 Å². The van der Waals surface area contributed by atoms with Crippen molar-refractivity contribution < 1.29 is 4.74 Å². The van der Waals surface area contributed by atoms with Crippen molar-refractivity contribution in [3.05, 3.63) is 39.6 Å². The zero-order valence-electron chi connectivity index (χ0n) is 11.4. The molecule has 5 nitrogen and oxygen atoms in total. The number of ether oxygens (including phenoxy) is 1. The van der Waals surface area contributed by atoms with E-state index < -0.39 is 0 Å². The van der Waals surface area contributed by atoms with Crippen molar-refractivity contribution in [2.45, 2.75) is 13.8 Å². The summed E-state index contributed by atoms with van der Waals surface area (Å²) in [5.74, 6) is 1.78. The molecular weight excluding hydrogens is 320 g/mol. The largest absolute Gasteiger partial charge is 0.437 e. The number of nitrogens with one attached hydrogen (secondary N) is 1. The van der Waals surface area contributed by atoms with E-state index in [0.29, 0.717) is 27.5 Å². The molecule has 2 rings (SSSR count). The maximum atomic E-state index is 8.95. The summed E-state index contributed by atoms with van der Waals surface area (Å²) in [6, 6.07) is 5.71. The van der Waals surface area contributed by atoms with Gasteiger partial charge in [-0.3, -0.25) is 0 Å². The quantitative estimate of drug-likeness (QED) is 0.930. The highest BCUT2D eigenvalue weighted by atomic mass is 79.9. The Balaban J connectivity index is 2.43. The second-order valence-corrected chi connectivity index (χ2v) is 5.04. The summed E-state index contributed by atoms with van der Waals surface area (Å²) in [5, 5.41) is 11.9. The molecule has 0 bridgehead atoms. The van der Waals surface area contributed by atoms with Crippen LogP contribution < -0.4 is 10.1 Å². The van der Waals surface area contributed by atoms with Crippen molar-refractivity contribution in [1.29, 1.82) is 5.26 Å². The molecule has 0 aliphatic rings. The fraction of sp³-hybridized carbons (Fsp3) is 0.214. The molecule has 1 heterocycles. The van der Waals surface area contributed by atoms with Gasteiger partial charge >= 0.3 is 0 Å². The lowest BCUT2D eigenvalue weighted by atomic mass is 10.1. The second-order valence-electron chi connectivity index (χ2n) is 4.24. The van der Waals surface area contributed by atoms with Crippen LogP contribution >= 0.6 is 15.9 Å². The van der Waals surface area contributed by atoms with Crippen molar-refractivity contribution >= 4 is 21.7 Å². The first-order valence-corrected chi connectivity index (χ1v) is 6.73. The van der Waals surface area contributed by atoms with Crippen molar-refractivity contribution in [3.63, 3.8) is 0 Å². The minimum Gasteiger partial charge on any atom is -0.437 e. The summed E-state index contributed by atoms with van der Waals surface area (Å²) >= 11 is 3.41. The van der Waals surface area contributed by atoms with Gasteiger partial charge in [0.25, 0.3) is 0 Å². The van der Waals surface area contributed by atoms with Gasteiger partial charge in [-0.15, -0.1) is 0 Å². The average Bonchev–Trinajstić information content (AvgIpc) is 2.44. The molecule has 2 aromatic rings. The van der Waals surface area contributed by atoms with Crippen LogP contribution in [0.25, 0.3) is 0 Å². The molecule has 6 heteroatoms. The zero-order chi connectivity index (χ0) is 14.7. The number of aromatic nitrogens is 2. The Morgan fingerprint density at radius 3 is 2.45 bits per heavy atom. The predicted molar refractivity (Wildman–Crippen MR) is 80.0 cm³/mol. The smallest absolute Gasteiger partial charge is 0.238 e. The van der Waals surface area contributed by atoms with Gasteiger partial charge in [-0.05, 0) is 53.0 Å². The van der Waals surface area contributed by atoms with E-state index in [0.717, 1.165) is 11.1 Å². The van der Waals surface area contributed by atoms with Crippen molar-refractivity contribution in [2.75, 3.05) is 12.4 Å². The van der Waals surface area contributed by atoms with E-state index in [-0.39, 0.29) is 0 Å². The zero-order valence-corrected chi connectivity index (χ0v) is 12.9. The fourth-order valence-electron chi connectivity index (χ4n) is 1.87. The molecule has 0 amide bonds. The van der Waals surface area contributed by atoms with E-state index in [2.05, 4.69) is 37.3 Å². The highest BCUT2D eigenvalue weighted by molar-refractivity contribution is 9.10. The van der Waals surface area contributed by atoms with Crippen LogP contribution in [0.2, 0.25) is 0 Å². The second kappa shape index (κ2) is 5.88. The minimum atomic E-state index is 0.431. The summed E-state index contributed by atoms with van der Waals surface area (Å²) in [6.07, 6.45) is 1.43. The number of nitrogens with zero attached hydrogens (tertiary/aromatic N) is 3. The topological polar surface area (TPSA) is 70.8 Å². The summed E-state index contributed by atoms with van der Waals surface area (Å²) in [5.41, 5.74) is 2.39. The standard InChI is InChI=1S/C14H13BrN4O/c1-8-4-10(6-16)5-9(2)12(8)20-14-11(15)13(17-3)18-7-19-14/h4-5,7H,1-3H3,(H,17,18,19). The third-order valence-corrected chi connectivity index (χ3v) is 3.50. The Hall–Kier alpha value is -2.13. The van der Waals surface area contributed by atoms with Crippen molar-refractivity contribution in [2.24, 2.45) is 0 Å². The van der Waals surface area contributed by atoms with Crippen LogP contribution in [0.1, 0.15) is 16.7 Å². The monoisotopic (exact) mass is 332 g/mol. The number of aryl methyl sites for hydroxylation is 2. The highest BCUT2D eigenvalue weighted by Gasteiger charge is 2.13. The van der Waals surface area contributed by atoms with Gasteiger partial charge in [-0.1, -0.05) is 0 Å². The lowest BCUT2D eigenvalue weighted by molar-refractivity contribution is 0.451. The Labute approximate surface area is 125 Å². The molecule has 0 unspecified atom stereocenters. The lowest BCUT2D eigenvalue weighted by Crippen LogP contribution is -1.99. The lowest BCUT2D eigenvalue weighted by Gasteiger charge is -2.13. The van der Waals surface area contributed by atoms with Crippen molar-refractivity contribution in [3.8, 4) is 17.7 Å². The maximum absolute atomic E-state index is 8.95. The average molecular weight is 333 g/mol. The molecule has 0 fully saturated rings. The fourth-order valence-corrected chi connectivity index (χ4v) is 2.36. The number of hydrogen-bond donors (Lipinski definition) is 1. The SMILES string of the molecule is CNc1ncnc(Oc2c(C)cc(C#N)cc2C)c1Br. The normalized spacial score (nSPS) is 9.95. The van der Waals surface area contributed by atoms with E-state index in [1.54, 1.807) is 19.2 Å². The van der Waals surface area contributed by atoms with Crippen LogP contribution in [0.5, 0.6) is 11.6 Å². The van der Waals surface area contributed by atoms with Crippen LogP contribution in [0.15, 0.2) is 22.9 Å². The van der Waals surface area contributed by atoms with Gasteiger partial charge in [0, 0.05) is 7.05 Å². The van der Waals surface area contributed by atoms with Crippen LogP contribution in [0.3, 0.4) is 0 Å². The molecule has 0 spiro atoms.